The van der Waals surface area contributed by atoms with Crippen molar-refractivity contribution in [3.8, 4) is 0 Å². The fourth-order valence-corrected chi connectivity index (χ4v) is 6.16. The van der Waals surface area contributed by atoms with Crippen molar-refractivity contribution in [2.24, 2.45) is 17.4 Å². The second-order valence-corrected chi connectivity index (χ2v) is 14.4. The van der Waals surface area contributed by atoms with Crippen LogP contribution in [0.15, 0.2) is 60.7 Å². The lowest BCUT2D eigenvalue weighted by Crippen LogP contribution is -2.59. The minimum absolute atomic E-state index is 0.00398. The molecule has 6 amide bonds. The second kappa shape index (κ2) is 21.6. The number of nitrogens with two attached hydrogens (primary N) is 2. The van der Waals surface area contributed by atoms with E-state index in [4.69, 9.17) is 11.5 Å². The molecule has 1 saturated heterocycles. The van der Waals surface area contributed by atoms with E-state index in [1.807, 2.05) is 74.5 Å². The Morgan fingerprint density at radius 3 is 1.81 bits per heavy atom. The van der Waals surface area contributed by atoms with Crippen LogP contribution in [0.2, 0.25) is 0 Å². The maximum atomic E-state index is 13.9. The first-order valence-corrected chi connectivity index (χ1v) is 18.5. The Labute approximate surface area is 313 Å². The van der Waals surface area contributed by atoms with Gasteiger partial charge in [-0.25, -0.2) is 0 Å². The summed E-state index contributed by atoms with van der Waals surface area (Å²) in [5.41, 5.74) is 13.7. The molecule has 0 unspecified atom stereocenters. The highest BCUT2D eigenvalue weighted by Crippen LogP contribution is 2.14. The standard InChI is InChI=1S/C39H58N8O6/c1-26(2)23-32(45-37(51)33(25-28-15-9-6-10-16-28)44-34(48)30(41)24-27-13-7-5-8-14-27)36(50)43-31(17-11-12-20-40)35(49)42-29-18-21-47(22-19-29)39(53)38(52)46(3)4/h5-10,13-16,26,29-33H,11-12,17-25,40-41H2,1-4H3,(H,42,49)(H,43,50)(H,44,48)(H,45,51)/t30-,31-,32-,33-/m1/s1. The van der Waals surface area contributed by atoms with E-state index >= 15 is 0 Å². The number of nitrogens with zero attached hydrogens (tertiary/aromatic N) is 2. The first-order chi connectivity index (χ1) is 25.3. The lowest BCUT2D eigenvalue weighted by atomic mass is 9.99. The molecule has 1 heterocycles. The summed E-state index contributed by atoms with van der Waals surface area (Å²) >= 11 is 0. The maximum absolute atomic E-state index is 13.9. The smallest absolute Gasteiger partial charge is 0.312 e. The van der Waals surface area contributed by atoms with Gasteiger partial charge in [-0.05, 0) is 68.5 Å². The van der Waals surface area contributed by atoms with Gasteiger partial charge < -0.3 is 42.5 Å². The molecule has 1 fully saturated rings. The van der Waals surface area contributed by atoms with Gasteiger partial charge in [0.15, 0.2) is 0 Å². The Balaban J connectivity index is 1.71. The van der Waals surface area contributed by atoms with Crippen molar-refractivity contribution in [3.05, 3.63) is 71.8 Å². The number of carbonyl (C=O) groups excluding carboxylic acids is 6. The van der Waals surface area contributed by atoms with Gasteiger partial charge in [0.25, 0.3) is 0 Å². The third kappa shape index (κ3) is 14.3. The van der Waals surface area contributed by atoms with Crippen molar-refractivity contribution in [2.45, 2.75) is 95.4 Å². The summed E-state index contributed by atoms with van der Waals surface area (Å²) in [7, 11) is 3.04. The number of hydrogen-bond acceptors (Lipinski definition) is 8. The highest BCUT2D eigenvalue weighted by Gasteiger charge is 2.33. The summed E-state index contributed by atoms with van der Waals surface area (Å²) in [5.74, 6) is -3.11. The summed E-state index contributed by atoms with van der Waals surface area (Å²) in [6.07, 6.45) is 3.22. The van der Waals surface area contributed by atoms with Crippen molar-refractivity contribution < 1.29 is 28.8 Å². The zero-order valence-corrected chi connectivity index (χ0v) is 31.5. The highest BCUT2D eigenvalue weighted by molar-refractivity contribution is 6.34. The number of amides is 6. The predicted molar refractivity (Wildman–Crippen MR) is 203 cm³/mol. The van der Waals surface area contributed by atoms with Crippen LogP contribution in [0.5, 0.6) is 0 Å². The van der Waals surface area contributed by atoms with E-state index in [2.05, 4.69) is 21.3 Å². The molecular weight excluding hydrogens is 676 g/mol. The van der Waals surface area contributed by atoms with Gasteiger partial charge in [0.1, 0.15) is 18.1 Å². The first-order valence-electron chi connectivity index (χ1n) is 18.5. The molecule has 14 heteroatoms. The molecule has 1 aliphatic heterocycles. The molecule has 290 valence electrons. The topological polar surface area (TPSA) is 209 Å². The molecule has 3 rings (SSSR count). The van der Waals surface area contributed by atoms with E-state index in [0.29, 0.717) is 51.7 Å². The average Bonchev–Trinajstić information content (AvgIpc) is 3.14. The van der Waals surface area contributed by atoms with E-state index in [9.17, 15) is 28.8 Å². The Bertz CT molecular complexity index is 1500. The Hall–Kier alpha value is -4.82. The number of nitrogens with one attached hydrogen (secondary N) is 4. The molecule has 14 nitrogen and oxygen atoms in total. The molecule has 2 aromatic carbocycles. The van der Waals surface area contributed by atoms with Crippen molar-refractivity contribution >= 4 is 35.4 Å². The van der Waals surface area contributed by atoms with Gasteiger partial charge in [-0.15, -0.1) is 0 Å². The van der Waals surface area contributed by atoms with E-state index < -0.39 is 53.7 Å². The number of benzene rings is 2. The van der Waals surface area contributed by atoms with Crippen LogP contribution in [0.4, 0.5) is 0 Å². The monoisotopic (exact) mass is 734 g/mol. The molecule has 0 spiro atoms. The first kappa shape index (κ1) is 42.6. The lowest BCUT2D eigenvalue weighted by Gasteiger charge is -2.33. The molecule has 0 aliphatic carbocycles. The average molecular weight is 735 g/mol. The number of unbranched alkanes of at least 4 members (excludes halogenated alkanes) is 1. The van der Waals surface area contributed by atoms with E-state index in [-0.39, 0.29) is 37.1 Å². The molecule has 4 atom stereocenters. The second-order valence-electron chi connectivity index (χ2n) is 14.4. The van der Waals surface area contributed by atoms with E-state index in [1.165, 1.54) is 23.9 Å². The fraction of sp³-hybridized carbons (Fsp3) is 0.538. The molecule has 2 aromatic rings. The van der Waals surface area contributed by atoms with Crippen LogP contribution in [-0.2, 0) is 41.6 Å². The van der Waals surface area contributed by atoms with Crippen molar-refractivity contribution in [2.75, 3.05) is 33.7 Å². The molecule has 0 aromatic heterocycles. The number of likely N-dealkylation sites (N-methyl/N-ethyl adjacent to an activating group) is 1. The van der Waals surface area contributed by atoms with Crippen LogP contribution < -0.4 is 32.7 Å². The van der Waals surface area contributed by atoms with Crippen LogP contribution in [0, 0.1) is 5.92 Å². The normalized spacial score (nSPS) is 15.4. The maximum Gasteiger partial charge on any atom is 0.312 e. The third-order valence-electron chi connectivity index (χ3n) is 9.19. The van der Waals surface area contributed by atoms with Crippen LogP contribution in [0.3, 0.4) is 0 Å². The summed E-state index contributed by atoms with van der Waals surface area (Å²) in [5, 5.41) is 11.6. The molecule has 0 saturated carbocycles. The van der Waals surface area contributed by atoms with Gasteiger partial charge in [-0.2, -0.15) is 0 Å². The predicted octanol–water partition coefficient (Wildman–Crippen LogP) is 0.624. The van der Waals surface area contributed by atoms with Crippen LogP contribution in [0.1, 0.15) is 63.5 Å². The molecule has 0 radical (unpaired) electrons. The Morgan fingerprint density at radius 1 is 0.736 bits per heavy atom. The molecule has 53 heavy (non-hydrogen) atoms. The minimum atomic E-state index is -1.02. The number of rotatable bonds is 18. The zero-order chi connectivity index (χ0) is 38.9. The zero-order valence-electron chi connectivity index (χ0n) is 31.5. The van der Waals surface area contributed by atoms with Crippen molar-refractivity contribution in [1.82, 2.24) is 31.1 Å². The van der Waals surface area contributed by atoms with Crippen molar-refractivity contribution in [1.29, 1.82) is 0 Å². The number of likely N-dealkylation sites (tertiary alicyclic amines) is 1. The molecule has 8 N–H and O–H groups in total. The molecule has 0 bridgehead atoms. The van der Waals surface area contributed by atoms with Gasteiger partial charge in [-0.1, -0.05) is 74.5 Å². The van der Waals surface area contributed by atoms with Gasteiger partial charge in [0.2, 0.25) is 23.6 Å². The Morgan fingerprint density at radius 2 is 1.26 bits per heavy atom. The highest BCUT2D eigenvalue weighted by atomic mass is 16.2. The van der Waals surface area contributed by atoms with Gasteiger partial charge in [-0.3, -0.25) is 28.8 Å². The minimum Gasteiger partial charge on any atom is -0.351 e. The summed E-state index contributed by atoms with van der Waals surface area (Å²) in [6, 6.07) is 14.5. The lowest BCUT2D eigenvalue weighted by molar-refractivity contribution is -0.151. The fourth-order valence-electron chi connectivity index (χ4n) is 6.16. The molecule has 1 aliphatic rings. The van der Waals surface area contributed by atoms with Gasteiger partial charge in [0.05, 0.1) is 6.04 Å². The number of piperidine rings is 1. The SMILES string of the molecule is CC(C)C[C@@H](NC(=O)[C@@H](Cc1ccccc1)NC(=O)[C@H](N)Cc1ccccc1)C(=O)N[C@H](CCCCN)C(=O)NC1CCN(C(=O)C(=O)N(C)C)CC1. The molecular formula is C39H58N8O6. The van der Waals surface area contributed by atoms with E-state index in [1.54, 1.807) is 0 Å². The van der Waals surface area contributed by atoms with Crippen LogP contribution in [0.25, 0.3) is 0 Å². The largest absolute Gasteiger partial charge is 0.351 e. The number of hydrogen-bond donors (Lipinski definition) is 6. The summed E-state index contributed by atoms with van der Waals surface area (Å²) in [4.78, 5) is 82.0. The summed E-state index contributed by atoms with van der Waals surface area (Å²) in [6.45, 7) is 4.90. The summed E-state index contributed by atoms with van der Waals surface area (Å²) < 4.78 is 0. The van der Waals surface area contributed by atoms with Crippen LogP contribution in [-0.4, -0.2) is 109 Å². The quantitative estimate of drug-likeness (QED) is 0.0943. The van der Waals surface area contributed by atoms with Gasteiger partial charge in [0, 0.05) is 39.6 Å². The van der Waals surface area contributed by atoms with Crippen LogP contribution >= 0.6 is 0 Å². The van der Waals surface area contributed by atoms with Crippen molar-refractivity contribution in [3.63, 3.8) is 0 Å². The third-order valence-corrected chi connectivity index (χ3v) is 9.19. The number of carbonyl (C=O) groups is 6. The van der Waals surface area contributed by atoms with Gasteiger partial charge >= 0.3 is 11.8 Å². The Kier molecular flexibility index (Phi) is 17.4. The van der Waals surface area contributed by atoms with E-state index in [0.717, 1.165) is 11.1 Å².